The van der Waals surface area contributed by atoms with E-state index in [1.54, 1.807) is 12.1 Å². The average Bonchev–Trinajstić information content (AvgIpc) is 2.73. The van der Waals surface area contributed by atoms with Gasteiger partial charge in [-0.3, -0.25) is 9.69 Å². The largest absolute Gasteiger partial charge is 0.481 e. The van der Waals surface area contributed by atoms with Crippen LogP contribution in [0.25, 0.3) is 0 Å². The van der Waals surface area contributed by atoms with E-state index in [1.165, 1.54) is 6.07 Å². The molecule has 0 aromatic heterocycles. The van der Waals surface area contributed by atoms with E-state index in [-0.39, 0.29) is 12.5 Å². The van der Waals surface area contributed by atoms with Crippen LogP contribution in [0.4, 0.5) is 4.39 Å². The van der Waals surface area contributed by atoms with E-state index < -0.39 is 17.8 Å². The molecule has 3 nitrogen and oxygen atoms in total. The van der Waals surface area contributed by atoms with E-state index in [1.807, 2.05) is 67.6 Å². The third kappa shape index (κ3) is 5.52. The summed E-state index contributed by atoms with van der Waals surface area (Å²) in [4.78, 5) is 13.8. The summed E-state index contributed by atoms with van der Waals surface area (Å²) in [6.45, 7) is 2.53. The number of carboxylic acid groups (broad SMARTS) is 1. The number of hydrogen-bond donors (Lipinski definition) is 1. The van der Waals surface area contributed by atoms with Crippen molar-refractivity contribution in [1.82, 2.24) is 4.90 Å². The zero-order valence-electron chi connectivity index (χ0n) is 16.1. The molecule has 3 aromatic carbocycles. The second kappa shape index (κ2) is 9.81. The van der Waals surface area contributed by atoms with Crippen molar-refractivity contribution < 1.29 is 14.3 Å². The summed E-state index contributed by atoms with van der Waals surface area (Å²) >= 11 is 3.40. The van der Waals surface area contributed by atoms with Crippen LogP contribution in [-0.4, -0.2) is 16.0 Å². The Kier molecular flexibility index (Phi) is 7.18. The van der Waals surface area contributed by atoms with Gasteiger partial charge in [-0.05, 0) is 36.2 Å². The molecule has 0 radical (unpaired) electrons. The molecule has 150 valence electrons. The number of nitrogens with zero attached hydrogens (tertiary/aromatic N) is 1. The van der Waals surface area contributed by atoms with E-state index in [2.05, 4.69) is 20.8 Å². The highest BCUT2D eigenvalue weighted by Crippen LogP contribution is 2.36. The van der Waals surface area contributed by atoms with Crippen LogP contribution in [-0.2, 0) is 11.3 Å². The first-order chi connectivity index (χ1) is 14.0. The molecule has 3 aromatic rings. The van der Waals surface area contributed by atoms with Gasteiger partial charge in [0.05, 0.1) is 6.42 Å². The maximum atomic E-state index is 14.8. The maximum Gasteiger partial charge on any atom is 0.305 e. The second-order valence-electron chi connectivity index (χ2n) is 7.02. The Labute approximate surface area is 178 Å². The van der Waals surface area contributed by atoms with Gasteiger partial charge in [-0.25, -0.2) is 4.39 Å². The number of halogens is 2. The molecular formula is C24H23BrFNO2. The van der Waals surface area contributed by atoms with Crippen LogP contribution in [0.15, 0.2) is 83.3 Å². The van der Waals surface area contributed by atoms with Crippen LogP contribution in [0, 0.1) is 5.82 Å². The van der Waals surface area contributed by atoms with E-state index in [9.17, 15) is 14.3 Å². The van der Waals surface area contributed by atoms with Gasteiger partial charge < -0.3 is 5.11 Å². The molecule has 0 fully saturated rings. The van der Waals surface area contributed by atoms with E-state index in [0.29, 0.717) is 12.1 Å². The predicted molar refractivity (Wildman–Crippen MR) is 116 cm³/mol. The molecule has 0 amide bonds. The lowest BCUT2D eigenvalue weighted by molar-refractivity contribution is -0.138. The molecule has 0 aliphatic heterocycles. The lowest BCUT2D eigenvalue weighted by Crippen LogP contribution is -2.33. The number of rotatable bonds is 8. The Morgan fingerprint density at radius 2 is 1.66 bits per heavy atom. The molecule has 0 spiro atoms. The molecule has 3 rings (SSSR count). The zero-order chi connectivity index (χ0) is 20.8. The number of aliphatic carboxylic acids is 1. The summed E-state index contributed by atoms with van der Waals surface area (Å²) in [6.07, 6.45) is -0.197. The number of hydrogen-bond acceptors (Lipinski definition) is 2. The van der Waals surface area contributed by atoms with Gasteiger partial charge in [-0.2, -0.15) is 0 Å². The summed E-state index contributed by atoms with van der Waals surface area (Å²) in [5.74, 6) is -1.37. The maximum absolute atomic E-state index is 14.8. The first-order valence-electron chi connectivity index (χ1n) is 9.47. The van der Waals surface area contributed by atoms with Crippen LogP contribution < -0.4 is 0 Å². The van der Waals surface area contributed by atoms with Crippen LogP contribution in [0.1, 0.15) is 42.1 Å². The van der Waals surface area contributed by atoms with Gasteiger partial charge in [-0.1, -0.05) is 76.6 Å². The standard InChI is InChI=1S/C24H23BrFNO2/c1-17(19-10-6-3-7-11-19)27(16-18-8-4-2-5-9-18)23(15-24(28)29)21-14-20(25)12-13-22(21)26/h2-14,17,23H,15-16H2,1H3,(H,28,29)/t17-,23+/m1/s1. The Morgan fingerprint density at radius 3 is 2.28 bits per heavy atom. The average molecular weight is 456 g/mol. The first kappa shape index (κ1) is 21.2. The smallest absolute Gasteiger partial charge is 0.305 e. The number of carboxylic acids is 1. The Balaban J connectivity index is 2.08. The van der Waals surface area contributed by atoms with Crippen molar-refractivity contribution in [2.45, 2.75) is 32.0 Å². The van der Waals surface area contributed by atoms with E-state index >= 15 is 0 Å². The summed E-state index contributed by atoms with van der Waals surface area (Å²) in [6, 6.07) is 23.7. The number of carbonyl (C=O) groups is 1. The Morgan fingerprint density at radius 1 is 1.03 bits per heavy atom. The minimum atomic E-state index is -0.965. The molecule has 0 aliphatic carbocycles. The summed E-state index contributed by atoms with van der Waals surface area (Å²) in [5.41, 5.74) is 2.47. The van der Waals surface area contributed by atoms with Gasteiger partial charge in [0.2, 0.25) is 0 Å². The van der Waals surface area contributed by atoms with E-state index in [4.69, 9.17) is 0 Å². The molecule has 0 heterocycles. The van der Waals surface area contributed by atoms with Crippen LogP contribution in [0.5, 0.6) is 0 Å². The fourth-order valence-electron chi connectivity index (χ4n) is 3.58. The topological polar surface area (TPSA) is 40.5 Å². The molecule has 0 unspecified atom stereocenters. The zero-order valence-corrected chi connectivity index (χ0v) is 17.7. The van der Waals surface area contributed by atoms with Crippen LogP contribution >= 0.6 is 15.9 Å². The monoisotopic (exact) mass is 455 g/mol. The molecular weight excluding hydrogens is 433 g/mol. The molecule has 0 saturated heterocycles. The molecule has 0 saturated carbocycles. The van der Waals surface area contributed by atoms with Crippen molar-refractivity contribution in [2.24, 2.45) is 0 Å². The minimum Gasteiger partial charge on any atom is -0.481 e. The van der Waals surface area contributed by atoms with Crippen molar-refractivity contribution in [1.29, 1.82) is 0 Å². The third-order valence-corrected chi connectivity index (χ3v) is 5.57. The van der Waals surface area contributed by atoms with Crippen molar-refractivity contribution in [3.8, 4) is 0 Å². The van der Waals surface area contributed by atoms with Crippen LogP contribution in [0.2, 0.25) is 0 Å². The first-order valence-corrected chi connectivity index (χ1v) is 10.3. The Hall–Kier alpha value is -2.50. The van der Waals surface area contributed by atoms with E-state index in [0.717, 1.165) is 15.6 Å². The van der Waals surface area contributed by atoms with Crippen molar-refractivity contribution in [2.75, 3.05) is 0 Å². The highest BCUT2D eigenvalue weighted by molar-refractivity contribution is 9.10. The van der Waals surface area contributed by atoms with Crippen molar-refractivity contribution in [3.05, 3.63) is 106 Å². The summed E-state index contributed by atoms with van der Waals surface area (Å²) < 4.78 is 15.5. The van der Waals surface area contributed by atoms with Gasteiger partial charge in [-0.15, -0.1) is 0 Å². The highest BCUT2D eigenvalue weighted by Gasteiger charge is 2.30. The van der Waals surface area contributed by atoms with Gasteiger partial charge in [0, 0.05) is 28.7 Å². The SMILES string of the molecule is C[C@H](c1ccccc1)N(Cc1ccccc1)[C@@H](CC(=O)O)c1cc(Br)ccc1F. The highest BCUT2D eigenvalue weighted by atomic mass is 79.9. The van der Waals surface area contributed by atoms with Crippen molar-refractivity contribution >= 4 is 21.9 Å². The van der Waals surface area contributed by atoms with Crippen LogP contribution in [0.3, 0.4) is 0 Å². The summed E-state index contributed by atoms with van der Waals surface area (Å²) in [7, 11) is 0. The van der Waals surface area contributed by atoms with Gasteiger partial charge in [0.1, 0.15) is 5.82 Å². The number of benzene rings is 3. The normalized spacial score (nSPS) is 13.2. The molecule has 0 aliphatic rings. The third-order valence-electron chi connectivity index (χ3n) is 5.07. The Bertz CT molecular complexity index is 950. The predicted octanol–water partition coefficient (Wildman–Crippen LogP) is 6.37. The molecule has 0 bridgehead atoms. The molecule has 1 N–H and O–H groups in total. The molecule has 29 heavy (non-hydrogen) atoms. The van der Waals surface area contributed by atoms with Crippen molar-refractivity contribution in [3.63, 3.8) is 0 Å². The van der Waals surface area contributed by atoms with Gasteiger partial charge >= 0.3 is 5.97 Å². The van der Waals surface area contributed by atoms with Gasteiger partial charge in [0.15, 0.2) is 0 Å². The quantitative estimate of drug-likeness (QED) is 0.429. The molecule has 5 heteroatoms. The molecule has 2 atom stereocenters. The van der Waals surface area contributed by atoms with Gasteiger partial charge in [0.25, 0.3) is 0 Å². The summed E-state index contributed by atoms with van der Waals surface area (Å²) in [5, 5.41) is 9.61. The second-order valence-corrected chi connectivity index (χ2v) is 7.94. The lowest BCUT2D eigenvalue weighted by atomic mass is 9.96. The fourth-order valence-corrected chi connectivity index (χ4v) is 3.95. The fraction of sp³-hybridized carbons (Fsp3) is 0.208. The minimum absolute atomic E-state index is 0.112. The lowest BCUT2D eigenvalue weighted by Gasteiger charge is -2.37.